The molecular formula is C13H19N3OS. The molecule has 0 saturated heterocycles. The highest BCUT2D eigenvalue weighted by Crippen LogP contribution is 2.33. The lowest BCUT2D eigenvalue weighted by Gasteiger charge is -2.20. The van der Waals surface area contributed by atoms with Crippen LogP contribution in [-0.4, -0.2) is 23.9 Å². The third kappa shape index (κ3) is 2.28. The predicted octanol–water partition coefficient (Wildman–Crippen LogP) is 2.84. The number of ether oxygens (including phenoxy) is 1. The number of nitrogens with one attached hydrogen (secondary N) is 1. The quantitative estimate of drug-likeness (QED) is 0.903. The maximum absolute atomic E-state index is 5.44. The van der Waals surface area contributed by atoms with Gasteiger partial charge in [-0.25, -0.2) is 0 Å². The van der Waals surface area contributed by atoms with E-state index in [2.05, 4.69) is 41.8 Å². The second-order valence-corrected chi connectivity index (χ2v) is 5.35. The van der Waals surface area contributed by atoms with E-state index in [1.807, 2.05) is 11.7 Å². The summed E-state index contributed by atoms with van der Waals surface area (Å²) in [4.78, 5) is 1.26. The van der Waals surface area contributed by atoms with E-state index in [0.29, 0.717) is 6.04 Å². The Morgan fingerprint density at radius 3 is 2.72 bits per heavy atom. The summed E-state index contributed by atoms with van der Waals surface area (Å²) >= 11 is 1.73. The smallest absolute Gasteiger partial charge is 0.161 e. The molecule has 4 nitrogen and oxygen atoms in total. The van der Waals surface area contributed by atoms with E-state index in [0.717, 1.165) is 11.4 Å². The summed E-state index contributed by atoms with van der Waals surface area (Å²) in [6.07, 6.45) is 1.78. The summed E-state index contributed by atoms with van der Waals surface area (Å²) in [5.74, 6) is 0.830. The van der Waals surface area contributed by atoms with Gasteiger partial charge < -0.3 is 10.1 Å². The molecule has 98 valence electrons. The molecule has 0 spiro atoms. The van der Waals surface area contributed by atoms with Crippen LogP contribution in [0.2, 0.25) is 0 Å². The molecule has 2 aromatic heterocycles. The topological polar surface area (TPSA) is 39.1 Å². The molecule has 0 fully saturated rings. The Kier molecular flexibility index (Phi) is 4.04. The predicted molar refractivity (Wildman–Crippen MR) is 74.4 cm³/mol. The van der Waals surface area contributed by atoms with Crippen molar-refractivity contribution in [3.8, 4) is 5.75 Å². The van der Waals surface area contributed by atoms with Crippen LogP contribution in [0, 0.1) is 0 Å². The van der Waals surface area contributed by atoms with E-state index >= 15 is 0 Å². The van der Waals surface area contributed by atoms with Crippen LogP contribution in [0.25, 0.3) is 0 Å². The van der Waals surface area contributed by atoms with Gasteiger partial charge in [0.1, 0.15) is 5.69 Å². The molecule has 0 amide bonds. The van der Waals surface area contributed by atoms with Gasteiger partial charge in [0.15, 0.2) is 5.75 Å². The normalized spacial score (nSPS) is 12.9. The number of aromatic nitrogens is 2. The molecule has 2 rings (SSSR count). The zero-order valence-corrected chi connectivity index (χ0v) is 12.0. The average molecular weight is 265 g/mol. The van der Waals surface area contributed by atoms with Crippen LogP contribution < -0.4 is 10.1 Å². The monoisotopic (exact) mass is 265 g/mol. The van der Waals surface area contributed by atoms with Crippen molar-refractivity contribution in [2.24, 2.45) is 0 Å². The van der Waals surface area contributed by atoms with Crippen LogP contribution in [0.15, 0.2) is 23.7 Å². The molecule has 0 aliphatic heterocycles. The minimum atomic E-state index is 0.116. The number of nitrogens with zero attached hydrogens (tertiary/aromatic N) is 2. The Hall–Kier alpha value is -1.33. The van der Waals surface area contributed by atoms with Crippen molar-refractivity contribution in [2.45, 2.75) is 25.9 Å². The van der Waals surface area contributed by atoms with Crippen molar-refractivity contribution in [1.29, 1.82) is 0 Å². The van der Waals surface area contributed by atoms with Gasteiger partial charge in [-0.15, -0.1) is 11.3 Å². The number of thiophene rings is 1. The van der Waals surface area contributed by atoms with Crippen LogP contribution in [0.4, 0.5) is 0 Å². The highest BCUT2D eigenvalue weighted by atomic mass is 32.1. The lowest BCUT2D eigenvalue weighted by Crippen LogP contribution is -2.22. The molecule has 1 atom stereocenters. The first-order chi connectivity index (χ1) is 8.69. The van der Waals surface area contributed by atoms with Gasteiger partial charge in [-0.1, -0.05) is 6.07 Å². The average Bonchev–Trinajstić information content (AvgIpc) is 2.99. The van der Waals surface area contributed by atoms with Crippen LogP contribution in [0.3, 0.4) is 0 Å². The maximum atomic E-state index is 5.44. The molecule has 0 aromatic carbocycles. The maximum Gasteiger partial charge on any atom is 0.161 e. The van der Waals surface area contributed by atoms with Crippen molar-refractivity contribution in [3.05, 3.63) is 34.3 Å². The Labute approximate surface area is 112 Å². The number of methoxy groups -OCH3 is 1. The molecule has 0 aliphatic carbocycles. The third-order valence-corrected chi connectivity index (χ3v) is 3.83. The lowest BCUT2D eigenvalue weighted by atomic mass is 10.1. The van der Waals surface area contributed by atoms with E-state index < -0.39 is 0 Å². The van der Waals surface area contributed by atoms with Gasteiger partial charge in [0, 0.05) is 10.9 Å². The third-order valence-electron chi connectivity index (χ3n) is 2.90. The molecule has 2 heterocycles. The SMILES string of the molecule is CNC(c1cccs1)c1c(OC)cnn1C(C)C. The summed E-state index contributed by atoms with van der Waals surface area (Å²) < 4.78 is 7.45. The second kappa shape index (κ2) is 5.54. The Balaban J connectivity index is 2.50. The molecule has 1 unspecified atom stereocenters. The van der Waals surface area contributed by atoms with Crippen LogP contribution >= 0.6 is 11.3 Å². The van der Waals surface area contributed by atoms with E-state index in [1.165, 1.54) is 4.88 Å². The Morgan fingerprint density at radius 1 is 1.44 bits per heavy atom. The minimum absolute atomic E-state index is 0.116. The molecule has 0 saturated carbocycles. The fraction of sp³-hybridized carbons (Fsp3) is 0.462. The van der Waals surface area contributed by atoms with Gasteiger partial charge >= 0.3 is 0 Å². The van der Waals surface area contributed by atoms with Crippen LogP contribution in [-0.2, 0) is 0 Å². The molecule has 5 heteroatoms. The van der Waals surface area contributed by atoms with E-state index in [-0.39, 0.29) is 6.04 Å². The highest BCUT2D eigenvalue weighted by molar-refractivity contribution is 7.10. The first kappa shape index (κ1) is 13.1. The second-order valence-electron chi connectivity index (χ2n) is 4.37. The first-order valence-electron chi connectivity index (χ1n) is 6.01. The minimum Gasteiger partial charge on any atom is -0.493 e. The van der Waals surface area contributed by atoms with Crippen molar-refractivity contribution in [2.75, 3.05) is 14.2 Å². The Morgan fingerprint density at radius 2 is 2.22 bits per heavy atom. The van der Waals surface area contributed by atoms with Crippen LogP contribution in [0.5, 0.6) is 5.75 Å². The molecule has 2 aromatic rings. The van der Waals surface area contributed by atoms with Gasteiger partial charge in [0.25, 0.3) is 0 Å². The van der Waals surface area contributed by atoms with Crippen molar-refractivity contribution in [3.63, 3.8) is 0 Å². The zero-order valence-electron chi connectivity index (χ0n) is 11.2. The Bertz CT molecular complexity index is 490. The van der Waals surface area contributed by atoms with Gasteiger partial charge in [-0.3, -0.25) is 4.68 Å². The van der Waals surface area contributed by atoms with Crippen molar-refractivity contribution >= 4 is 11.3 Å². The van der Waals surface area contributed by atoms with Gasteiger partial charge in [-0.2, -0.15) is 5.10 Å². The number of hydrogen-bond donors (Lipinski definition) is 1. The molecule has 0 radical (unpaired) electrons. The summed E-state index contributed by atoms with van der Waals surface area (Å²) in [5.41, 5.74) is 1.08. The molecule has 0 aliphatic rings. The van der Waals surface area contributed by atoms with E-state index in [1.54, 1.807) is 24.6 Å². The summed E-state index contributed by atoms with van der Waals surface area (Å²) in [6, 6.07) is 4.61. The van der Waals surface area contributed by atoms with E-state index in [9.17, 15) is 0 Å². The molecule has 0 bridgehead atoms. The standard InChI is InChI=1S/C13H19N3OS/c1-9(2)16-13(10(17-4)8-15-16)12(14-3)11-6-5-7-18-11/h5-9,12,14H,1-4H3. The highest BCUT2D eigenvalue weighted by Gasteiger charge is 2.24. The van der Waals surface area contributed by atoms with Gasteiger partial charge in [-0.05, 0) is 32.3 Å². The summed E-state index contributed by atoms with van der Waals surface area (Å²) in [7, 11) is 3.65. The summed E-state index contributed by atoms with van der Waals surface area (Å²) in [5, 5.41) is 9.85. The fourth-order valence-corrected chi connectivity index (χ4v) is 2.91. The number of hydrogen-bond acceptors (Lipinski definition) is 4. The zero-order chi connectivity index (χ0) is 13.1. The van der Waals surface area contributed by atoms with E-state index in [4.69, 9.17) is 4.74 Å². The van der Waals surface area contributed by atoms with Gasteiger partial charge in [0.2, 0.25) is 0 Å². The molecular weight excluding hydrogens is 246 g/mol. The van der Waals surface area contributed by atoms with Crippen molar-refractivity contribution < 1.29 is 4.74 Å². The van der Waals surface area contributed by atoms with Gasteiger partial charge in [0.05, 0.1) is 19.3 Å². The lowest BCUT2D eigenvalue weighted by molar-refractivity contribution is 0.397. The fourth-order valence-electron chi connectivity index (χ4n) is 2.07. The summed E-state index contributed by atoms with van der Waals surface area (Å²) in [6.45, 7) is 4.24. The molecule has 1 N–H and O–H groups in total. The van der Waals surface area contributed by atoms with Crippen molar-refractivity contribution in [1.82, 2.24) is 15.1 Å². The molecule has 18 heavy (non-hydrogen) atoms. The largest absolute Gasteiger partial charge is 0.493 e. The van der Waals surface area contributed by atoms with Crippen LogP contribution in [0.1, 0.15) is 36.5 Å². The first-order valence-corrected chi connectivity index (χ1v) is 6.89. The number of rotatable bonds is 5.